The molecule has 4 aromatic rings. The molecule has 0 fully saturated rings. The number of carbonyl (C=O) groups is 2. The van der Waals surface area contributed by atoms with E-state index in [0.29, 0.717) is 47.2 Å². The third-order valence-corrected chi connectivity index (χ3v) is 7.67. The fourth-order valence-electron chi connectivity index (χ4n) is 5.50. The molecule has 1 aliphatic heterocycles. The molecular formula is C33H33F4N5O3. The van der Waals surface area contributed by atoms with E-state index in [1.54, 1.807) is 18.5 Å². The van der Waals surface area contributed by atoms with Crippen molar-refractivity contribution in [3.8, 4) is 11.4 Å². The number of likely N-dealkylation sites (N-methyl/N-ethyl adjacent to an activating group) is 2. The topological polar surface area (TPSA) is 79.7 Å². The Kier molecular flexibility index (Phi) is 8.96. The summed E-state index contributed by atoms with van der Waals surface area (Å²) in [5.74, 6) is -1.55. The molecule has 0 unspecified atom stereocenters. The van der Waals surface area contributed by atoms with Gasteiger partial charge in [0, 0.05) is 36.2 Å². The lowest BCUT2D eigenvalue weighted by Gasteiger charge is -2.38. The van der Waals surface area contributed by atoms with Crippen LogP contribution in [-0.2, 0) is 11.0 Å². The van der Waals surface area contributed by atoms with Crippen molar-refractivity contribution >= 4 is 17.6 Å². The van der Waals surface area contributed by atoms with Gasteiger partial charge in [0.1, 0.15) is 30.0 Å². The first-order valence-corrected chi connectivity index (χ1v) is 14.4. The molecule has 1 aliphatic rings. The highest BCUT2D eigenvalue weighted by molar-refractivity contribution is 6.05. The number of benzene rings is 3. The van der Waals surface area contributed by atoms with E-state index in [1.807, 2.05) is 43.3 Å². The molecule has 0 saturated carbocycles. The van der Waals surface area contributed by atoms with E-state index in [9.17, 15) is 27.2 Å². The van der Waals surface area contributed by atoms with Crippen LogP contribution < -0.4 is 15.0 Å². The van der Waals surface area contributed by atoms with Crippen molar-refractivity contribution in [3.63, 3.8) is 0 Å². The minimum absolute atomic E-state index is 0.210. The van der Waals surface area contributed by atoms with Crippen LogP contribution in [0.15, 0.2) is 72.8 Å². The molecular weight excluding hydrogens is 590 g/mol. The van der Waals surface area contributed by atoms with Crippen LogP contribution in [0, 0.1) is 12.7 Å². The van der Waals surface area contributed by atoms with Gasteiger partial charge in [-0.3, -0.25) is 14.5 Å². The average Bonchev–Trinajstić information content (AvgIpc) is 3.34. The molecule has 0 aliphatic carbocycles. The van der Waals surface area contributed by atoms with Gasteiger partial charge >= 0.3 is 6.18 Å². The first-order valence-electron chi connectivity index (χ1n) is 14.4. The van der Waals surface area contributed by atoms with Crippen LogP contribution in [0.25, 0.3) is 5.69 Å². The highest BCUT2D eigenvalue weighted by atomic mass is 19.4. The van der Waals surface area contributed by atoms with Gasteiger partial charge in [0.05, 0.1) is 16.9 Å². The molecule has 236 valence electrons. The molecule has 0 radical (unpaired) electrons. The predicted molar refractivity (Wildman–Crippen MR) is 161 cm³/mol. The van der Waals surface area contributed by atoms with Crippen molar-refractivity contribution in [3.05, 3.63) is 107 Å². The summed E-state index contributed by atoms with van der Waals surface area (Å²) >= 11 is 0. The van der Waals surface area contributed by atoms with Crippen LogP contribution in [0.1, 0.15) is 45.6 Å². The Morgan fingerprint density at radius 2 is 1.76 bits per heavy atom. The van der Waals surface area contributed by atoms with Gasteiger partial charge in [-0.1, -0.05) is 24.3 Å². The maximum Gasteiger partial charge on any atom is 0.416 e. The Hall–Kier alpha value is -4.71. The summed E-state index contributed by atoms with van der Waals surface area (Å²) < 4.78 is 61.8. The van der Waals surface area contributed by atoms with Gasteiger partial charge in [-0.2, -0.15) is 18.3 Å². The third-order valence-electron chi connectivity index (χ3n) is 7.67. The SMILES string of the molecule is CCN1C(=O)[C@@H](NC(=O)c2cccc(C(F)(F)F)c2)[C@@H](c2ccc(F)cc2)c2c(C)nn(-c3cccc(OCCN(C)C)c3)c21. The van der Waals surface area contributed by atoms with Crippen molar-refractivity contribution in [2.45, 2.75) is 32.0 Å². The maximum atomic E-state index is 14.2. The van der Waals surface area contributed by atoms with E-state index in [2.05, 4.69) is 5.32 Å². The van der Waals surface area contributed by atoms with Gasteiger partial charge in [-0.25, -0.2) is 9.07 Å². The van der Waals surface area contributed by atoms with Gasteiger partial charge < -0.3 is 15.0 Å². The number of fused-ring (bicyclic) bond motifs is 1. The maximum absolute atomic E-state index is 14.2. The van der Waals surface area contributed by atoms with Crippen LogP contribution in [0.5, 0.6) is 5.75 Å². The molecule has 1 N–H and O–H groups in total. The average molecular weight is 624 g/mol. The summed E-state index contributed by atoms with van der Waals surface area (Å²) in [6.07, 6.45) is -4.65. The Bertz CT molecular complexity index is 1700. The highest BCUT2D eigenvalue weighted by Gasteiger charge is 2.45. The zero-order valence-electron chi connectivity index (χ0n) is 25.2. The Labute approximate surface area is 258 Å². The number of alkyl halides is 3. The second-order valence-corrected chi connectivity index (χ2v) is 11.0. The summed E-state index contributed by atoms with van der Waals surface area (Å²) in [5.41, 5.74) is 1.11. The number of anilines is 1. The summed E-state index contributed by atoms with van der Waals surface area (Å²) in [7, 11) is 3.89. The number of hydrogen-bond acceptors (Lipinski definition) is 5. The highest BCUT2D eigenvalue weighted by Crippen LogP contribution is 2.43. The standard InChI is InChI=1S/C33H33F4N5O3/c1-5-41-31-27(20(2)39-42(31)25-10-7-11-26(19-25)45-17-16-40(3)4)28(21-12-14-24(34)15-13-21)29(32(41)44)38-30(43)22-8-6-9-23(18-22)33(35,36)37/h6-15,18-19,28-29H,5,16-17H2,1-4H3,(H,38,43)/t28-,29-/m0/s1. The largest absolute Gasteiger partial charge is 0.492 e. The Balaban J connectivity index is 1.60. The van der Waals surface area contributed by atoms with Crippen LogP contribution >= 0.6 is 0 Å². The lowest BCUT2D eigenvalue weighted by atomic mass is 9.81. The molecule has 0 saturated heterocycles. The second-order valence-electron chi connectivity index (χ2n) is 11.0. The van der Waals surface area contributed by atoms with Gasteiger partial charge in [-0.05, 0) is 76.0 Å². The number of amides is 2. The van der Waals surface area contributed by atoms with E-state index in [4.69, 9.17) is 9.84 Å². The van der Waals surface area contributed by atoms with E-state index < -0.39 is 41.3 Å². The number of aryl methyl sites for hydroxylation is 1. The van der Waals surface area contributed by atoms with Crippen molar-refractivity contribution in [2.75, 3.05) is 38.7 Å². The molecule has 2 amide bonds. The van der Waals surface area contributed by atoms with Gasteiger partial charge in [0.15, 0.2) is 0 Å². The quantitative estimate of drug-likeness (QED) is 0.247. The van der Waals surface area contributed by atoms with Gasteiger partial charge in [0.2, 0.25) is 0 Å². The molecule has 2 heterocycles. The van der Waals surface area contributed by atoms with Crippen LogP contribution in [-0.4, -0.2) is 66.3 Å². The summed E-state index contributed by atoms with van der Waals surface area (Å²) in [4.78, 5) is 31.1. The van der Waals surface area contributed by atoms with E-state index >= 15 is 0 Å². The summed E-state index contributed by atoms with van der Waals surface area (Å²) in [6.45, 7) is 4.94. The monoisotopic (exact) mass is 623 g/mol. The minimum atomic E-state index is -4.65. The van der Waals surface area contributed by atoms with Crippen molar-refractivity contribution in [1.29, 1.82) is 0 Å². The number of ether oxygens (including phenoxy) is 1. The second kappa shape index (κ2) is 12.7. The number of carbonyl (C=O) groups excluding carboxylic acids is 2. The minimum Gasteiger partial charge on any atom is -0.492 e. The van der Waals surface area contributed by atoms with Gasteiger partial charge in [0.25, 0.3) is 11.8 Å². The van der Waals surface area contributed by atoms with Crippen molar-refractivity contribution < 1.29 is 31.9 Å². The van der Waals surface area contributed by atoms with Crippen LogP contribution in [0.3, 0.4) is 0 Å². The molecule has 8 nitrogen and oxygen atoms in total. The van der Waals surface area contributed by atoms with E-state index in [0.717, 1.165) is 18.2 Å². The smallest absolute Gasteiger partial charge is 0.416 e. The molecule has 3 aromatic carbocycles. The number of hydrogen-bond donors (Lipinski definition) is 1. The van der Waals surface area contributed by atoms with Crippen molar-refractivity contribution in [2.24, 2.45) is 0 Å². The number of rotatable bonds is 9. The molecule has 2 atom stereocenters. The fraction of sp³-hybridized carbons (Fsp3) is 0.303. The first kappa shape index (κ1) is 31.7. The van der Waals surface area contributed by atoms with Crippen LogP contribution in [0.2, 0.25) is 0 Å². The zero-order chi connectivity index (χ0) is 32.5. The molecule has 0 spiro atoms. The van der Waals surface area contributed by atoms with Crippen LogP contribution in [0.4, 0.5) is 23.4 Å². The summed E-state index contributed by atoms with van der Waals surface area (Å²) in [6, 6.07) is 15.6. The zero-order valence-corrected chi connectivity index (χ0v) is 25.2. The van der Waals surface area contributed by atoms with E-state index in [1.165, 1.54) is 35.2 Å². The Morgan fingerprint density at radius 1 is 1.04 bits per heavy atom. The predicted octanol–water partition coefficient (Wildman–Crippen LogP) is 5.58. The number of halogens is 4. The van der Waals surface area contributed by atoms with E-state index in [-0.39, 0.29) is 12.1 Å². The number of nitrogens with zero attached hydrogens (tertiary/aromatic N) is 4. The summed E-state index contributed by atoms with van der Waals surface area (Å²) in [5, 5.41) is 7.49. The number of aromatic nitrogens is 2. The van der Waals surface area contributed by atoms with Crippen molar-refractivity contribution in [1.82, 2.24) is 20.0 Å². The fourth-order valence-corrected chi connectivity index (χ4v) is 5.50. The molecule has 45 heavy (non-hydrogen) atoms. The lowest BCUT2D eigenvalue weighted by Crippen LogP contribution is -2.55. The first-order chi connectivity index (χ1) is 21.4. The normalized spacial score (nSPS) is 16.6. The number of nitrogens with one attached hydrogen (secondary N) is 1. The van der Waals surface area contributed by atoms with Gasteiger partial charge in [-0.15, -0.1) is 0 Å². The Morgan fingerprint density at radius 3 is 2.42 bits per heavy atom. The molecule has 1 aromatic heterocycles. The molecule has 0 bridgehead atoms. The molecule has 5 rings (SSSR count). The molecule has 12 heteroatoms. The third kappa shape index (κ3) is 6.56. The lowest BCUT2D eigenvalue weighted by molar-refractivity contribution is -0.137.